The first-order chi connectivity index (χ1) is 16.8. The lowest BCUT2D eigenvalue weighted by Gasteiger charge is -2.07. The van der Waals surface area contributed by atoms with Crippen molar-refractivity contribution < 1.29 is 0 Å². The summed E-state index contributed by atoms with van der Waals surface area (Å²) < 4.78 is 2.50. The summed E-state index contributed by atoms with van der Waals surface area (Å²) in [5.41, 5.74) is 9.97. The first-order valence-corrected chi connectivity index (χ1v) is 13.1. The van der Waals surface area contributed by atoms with Gasteiger partial charge in [-0.1, -0.05) is 60.7 Å². The third-order valence-electron chi connectivity index (χ3n) is 6.44. The Hall–Kier alpha value is -3.60. The van der Waals surface area contributed by atoms with Gasteiger partial charge in [-0.05, 0) is 76.2 Å². The van der Waals surface area contributed by atoms with Gasteiger partial charge in [0.15, 0.2) is 0 Å². The Morgan fingerprint density at radius 3 is 2.00 bits per heavy atom. The third-order valence-corrected chi connectivity index (χ3v) is 8.67. The SMILES string of the molecule is C1=C(c2cccc(C3=CC=C(c4nc5ccccc5s4)C3)c2)C=C(c2nc3ccccc3s2)C1. The third kappa shape index (κ3) is 3.47. The molecule has 0 N–H and O–H groups in total. The van der Waals surface area contributed by atoms with Crippen molar-refractivity contribution in [2.24, 2.45) is 0 Å². The number of nitrogens with zero attached hydrogens (tertiary/aromatic N) is 2. The molecule has 162 valence electrons. The monoisotopic (exact) mass is 472 g/mol. The van der Waals surface area contributed by atoms with Gasteiger partial charge in [0.05, 0.1) is 20.4 Å². The second kappa shape index (κ2) is 8.01. The van der Waals surface area contributed by atoms with Crippen LogP contribution in [0.2, 0.25) is 0 Å². The molecule has 2 heterocycles. The van der Waals surface area contributed by atoms with Crippen LogP contribution in [0.4, 0.5) is 0 Å². The second-order valence-corrected chi connectivity index (χ2v) is 10.7. The Morgan fingerprint density at radius 1 is 0.618 bits per heavy atom. The van der Waals surface area contributed by atoms with Crippen LogP contribution in [0, 0.1) is 0 Å². The summed E-state index contributed by atoms with van der Waals surface area (Å²) in [6.45, 7) is 0. The van der Waals surface area contributed by atoms with Crippen LogP contribution in [0.25, 0.3) is 42.7 Å². The van der Waals surface area contributed by atoms with Crippen molar-refractivity contribution in [3.8, 4) is 0 Å². The van der Waals surface area contributed by atoms with Gasteiger partial charge in [-0.3, -0.25) is 0 Å². The molecule has 0 saturated heterocycles. The van der Waals surface area contributed by atoms with E-state index in [4.69, 9.17) is 9.97 Å². The lowest BCUT2D eigenvalue weighted by Crippen LogP contribution is -1.87. The minimum atomic E-state index is 0.926. The summed E-state index contributed by atoms with van der Waals surface area (Å²) in [4.78, 5) is 9.70. The number of allylic oxidation sites excluding steroid dienone is 8. The average Bonchev–Trinajstić information content (AvgIpc) is 3.67. The van der Waals surface area contributed by atoms with Gasteiger partial charge in [0.1, 0.15) is 10.0 Å². The maximum Gasteiger partial charge on any atom is 0.120 e. The Morgan fingerprint density at radius 2 is 1.26 bits per heavy atom. The summed E-state index contributed by atoms with van der Waals surface area (Å²) in [5.74, 6) is 0. The number of aromatic nitrogens is 2. The van der Waals surface area contributed by atoms with Crippen LogP contribution in [0.3, 0.4) is 0 Å². The maximum absolute atomic E-state index is 4.85. The van der Waals surface area contributed by atoms with Gasteiger partial charge in [0.2, 0.25) is 0 Å². The van der Waals surface area contributed by atoms with Crippen LogP contribution in [0.1, 0.15) is 34.0 Å². The highest BCUT2D eigenvalue weighted by Gasteiger charge is 2.18. The highest BCUT2D eigenvalue weighted by Crippen LogP contribution is 2.39. The van der Waals surface area contributed by atoms with Crippen LogP contribution in [0.15, 0.2) is 97.1 Å². The fraction of sp³-hybridized carbons (Fsp3) is 0.0667. The van der Waals surface area contributed by atoms with Crippen molar-refractivity contribution in [2.75, 3.05) is 0 Å². The van der Waals surface area contributed by atoms with Crippen molar-refractivity contribution >= 4 is 65.4 Å². The molecule has 7 rings (SSSR count). The lowest BCUT2D eigenvalue weighted by atomic mass is 9.98. The van der Waals surface area contributed by atoms with E-state index < -0.39 is 0 Å². The van der Waals surface area contributed by atoms with Gasteiger partial charge in [-0.2, -0.15) is 0 Å². The smallest absolute Gasteiger partial charge is 0.120 e. The van der Waals surface area contributed by atoms with Crippen LogP contribution < -0.4 is 0 Å². The zero-order valence-corrected chi connectivity index (χ0v) is 20.0. The van der Waals surface area contributed by atoms with Gasteiger partial charge >= 0.3 is 0 Å². The van der Waals surface area contributed by atoms with E-state index in [9.17, 15) is 0 Å². The molecule has 0 amide bonds. The Balaban J connectivity index is 1.12. The van der Waals surface area contributed by atoms with E-state index >= 15 is 0 Å². The molecular formula is C30H20N2S2. The molecule has 4 heteroatoms. The highest BCUT2D eigenvalue weighted by molar-refractivity contribution is 7.19. The number of para-hydroxylation sites is 2. The van der Waals surface area contributed by atoms with Crippen LogP contribution in [-0.4, -0.2) is 9.97 Å². The normalized spacial score (nSPS) is 15.5. The first kappa shape index (κ1) is 19.8. The van der Waals surface area contributed by atoms with Gasteiger partial charge < -0.3 is 0 Å². The molecule has 0 atom stereocenters. The van der Waals surface area contributed by atoms with E-state index in [1.807, 2.05) is 0 Å². The second-order valence-electron chi connectivity index (χ2n) is 8.65. The minimum Gasteiger partial charge on any atom is -0.236 e. The summed E-state index contributed by atoms with van der Waals surface area (Å²) in [7, 11) is 0. The number of thiazole rings is 2. The van der Waals surface area contributed by atoms with Crippen LogP contribution in [0.5, 0.6) is 0 Å². The number of rotatable bonds is 4. The largest absolute Gasteiger partial charge is 0.236 e. The zero-order valence-electron chi connectivity index (χ0n) is 18.4. The van der Waals surface area contributed by atoms with Crippen molar-refractivity contribution in [2.45, 2.75) is 12.8 Å². The van der Waals surface area contributed by atoms with E-state index in [0.29, 0.717) is 0 Å². The van der Waals surface area contributed by atoms with E-state index in [-0.39, 0.29) is 0 Å². The molecule has 0 unspecified atom stereocenters. The van der Waals surface area contributed by atoms with E-state index in [1.165, 1.54) is 42.8 Å². The zero-order chi connectivity index (χ0) is 22.5. The summed E-state index contributed by atoms with van der Waals surface area (Å²) >= 11 is 3.56. The molecule has 2 aromatic heterocycles. The lowest BCUT2D eigenvalue weighted by molar-refractivity contribution is 1.36. The van der Waals surface area contributed by atoms with E-state index in [1.54, 1.807) is 22.7 Å². The van der Waals surface area contributed by atoms with E-state index in [0.717, 1.165) is 33.9 Å². The number of hydrogen-bond donors (Lipinski definition) is 0. The summed E-state index contributed by atoms with van der Waals surface area (Å²) in [6.07, 6.45) is 11.0. The predicted molar refractivity (Wildman–Crippen MR) is 147 cm³/mol. The molecular weight excluding hydrogens is 452 g/mol. The Labute approximate surface area is 206 Å². The van der Waals surface area contributed by atoms with Crippen molar-refractivity contribution in [1.29, 1.82) is 0 Å². The number of fused-ring (bicyclic) bond motifs is 2. The topological polar surface area (TPSA) is 25.8 Å². The molecule has 0 saturated carbocycles. The first-order valence-electron chi connectivity index (χ1n) is 11.4. The van der Waals surface area contributed by atoms with Gasteiger partial charge in [0, 0.05) is 6.42 Å². The quantitative estimate of drug-likeness (QED) is 0.261. The molecule has 2 aliphatic carbocycles. The molecule has 0 fully saturated rings. The molecule has 0 spiro atoms. The Bertz CT molecular complexity index is 1640. The molecule has 0 bridgehead atoms. The predicted octanol–water partition coefficient (Wildman–Crippen LogP) is 8.65. The molecule has 3 aromatic carbocycles. The van der Waals surface area contributed by atoms with Gasteiger partial charge in [-0.25, -0.2) is 9.97 Å². The fourth-order valence-corrected chi connectivity index (χ4v) is 6.64. The summed E-state index contributed by atoms with van der Waals surface area (Å²) in [6, 6.07) is 25.7. The van der Waals surface area contributed by atoms with Crippen molar-refractivity contribution in [3.05, 3.63) is 118 Å². The van der Waals surface area contributed by atoms with Crippen LogP contribution >= 0.6 is 22.7 Å². The minimum absolute atomic E-state index is 0.926. The molecule has 0 aliphatic heterocycles. The maximum atomic E-state index is 4.85. The van der Waals surface area contributed by atoms with Crippen molar-refractivity contribution in [1.82, 2.24) is 9.97 Å². The highest BCUT2D eigenvalue weighted by atomic mass is 32.1. The molecule has 2 aliphatic rings. The summed E-state index contributed by atoms with van der Waals surface area (Å²) in [5, 5.41) is 2.26. The van der Waals surface area contributed by atoms with E-state index in [2.05, 4.69) is 97.1 Å². The molecule has 5 aromatic rings. The van der Waals surface area contributed by atoms with Crippen LogP contribution in [-0.2, 0) is 0 Å². The number of benzene rings is 3. The average molecular weight is 473 g/mol. The van der Waals surface area contributed by atoms with Gasteiger partial charge in [-0.15, -0.1) is 22.7 Å². The fourth-order valence-electron chi connectivity index (χ4n) is 4.66. The number of hydrogen-bond acceptors (Lipinski definition) is 4. The molecule has 34 heavy (non-hydrogen) atoms. The van der Waals surface area contributed by atoms with Crippen molar-refractivity contribution in [3.63, 3.8) is 0 Å². The molecule has 0 radical (unpaired) electrons. The standard InChI is InChI=1S/C30H20N2S2/c1-3-10-27-25(8-1)31-29(33-27)23-14-12-21(17-23)19-6-5-7-20(16-19)22-13-15-24(18-22)30-32-26-9-2-4-11-28(26)34-30/h1-14,16,18H,15,17H2. The van der Waals surface area contributed by atoms with Gasteiger partial charge in [0.25, 0.3) is 0 Å². The molecule has 2 nitrogen and oxygen atoms in total. The Kier molecular flexibility index (Phi) is 4.67.